The molecule has 0 aliphatic carbocycles. The molecule has 0 saturated carbocycles. The van der Waals surface area contributed by atoms with Crippen molar-refractivity contribution in [3.8, 4) is 0 Å². The molecule has 0 radical (unpaired) electrons. The van der Waals surface area contributed by atoms with Crippen LogP contribution in [0.4, 0.5) is 10.5 Å². The second kappa shape index (κ2) is 6.40. The van der Waals surface area contributed by atoms with Crippen LogP contribution in [0.5, 0.6) is 0 Å². The van der Waals surface area contributed by atoms with Crippen molar-refractivity contribution in [2.45, 2.75) is 32.7 Å². The summed E-state index contributed by atoms with van der Waals surface area (Å²) in [6.45, 7) is 5.64. The third kappa shape index (κ3) is 3.44. The summed E-state index contributed by atoms with van der Waals surface area (Å²) >= 11 is 6.02. The second-order valence-corrected chi connectivity index (χ2v) is 7.00. The number of urea groups is 1. The maximum Gasteiger partial charge on any atom is 0.322 e. The van der Waals surface area contributed by atoms with Crippen molar-refractivity contribution in [2.75, 3.05) is 25.0 Å². The number of anilines is 1. The number of rotatable bonds is 1. The molecule has 1 aromatic rings. The van der Waals surface area contributed by atoms with E-state index in [0.29, 0.717) is 24.0 Å². The van der Waals surface area contributed by atoms with E-state index in [1.165, 1.54) is 0 Å². The van der Waals surface area contributed by atoms with Crippen molar-refractivity contribution in [1.82, 2.24) is 9.80 Å². The quantitative estimate of drug-likeness (QED) is 0.857. The number of amides is 3. The van der Waals surface area contributed by atoms with Crippen LogP contribution < -0.4 is 5.32 Å². The fourth-order valence-corrected chi connectivity index (χ4v) is 3.68. The van der Waals surface area contributed by atoms with E-state index in [1.807, 2.05) is 28.9 Å². The summed E-state index contributed by atoms with van der Waals surface area (Å²) in [6, 6.07) is 5.47. The van der Waals surface area contributed by atoms with Crippen molar-refractivity contribution >= 4 is 29.2 Å². The van der Waals surface area contributed by atoms with Gasteiger partial charge in [0.05, 0.1) is 6.04 Å². The second-order valence-electron chi connectivity index (χ2n) is 6.56. The number of hydrogen-bond acceptors (Lipinski definition) is 2. The summed E-state index contributed by atoms with van der Waals surface area (Å²) in [7, 11) is 0. The Labute approximate surface area is 141 Å². The highest BCUT2D eigenvalue weighted by atomic mass is 35.5. The summed E-state index contributed by atoms with van der Waals surface area (Å²) < 4.78 is 0. The van der Waals surface area contributed by atoms with Gasteiger partial charge in [-0.3, -0.25) is 4.79 Å². The van der Waals surface area contributed by atoms with Crippen LogP contribution in [0, 0.1) is 12.8 Å². The molecule has 2 atom stereocenters. The lowest BCUT2D eigenvalue weighted by atomic mass is 9.95. The molecule has 124 valence electrons. The summed E-state index contributed by atoms with van der Waals surface area (Å²) in [4.78, 5) is 28.2. The summed E-state index contributed by atoms with van der Waals surface area (Å²) in [6.07, 6.45) is 2.03. The van der Waals surface area contributed by atoms with Crippen molar-refractivity contribution in [1.29, 1.82) is 0 Å². The van der Waals surface area contributed by atoms with Gasteiger partial charge in [-0.25, -0.2) is 4.79 Å². The molecular weight excluding hydrogens is 314 g/mol. The molecule has 2 bridgehead atoms. The zero-order valence-corrected chi connectivity index (χ0v) is 14.3. The Hall–Kier alpha value is -1.75. The fraction of sp³-hybridized carbons (Fsp3) is 0.529. The molecular formula is C17H22ClN3O2. The molecule has 3 saturated heterocycles. The van der Waals surface area contributed by atoms with Gasteiger partial charge < -0.3 is 15.1 Å². The van der Waals surface area contributed by atoms with E-state index in [9.17, 15) is 9.59 Å². The number of carbonyl (C=O) groups is 2. The van der Waals surface area contributed by atoms with Gasteiger partial charge in [0, 0.05) is 37.3 Å². The third-order valence-electron chi connectivity index (χ3n) is 4.86. The molecule has 3 fully saturated rings. The molecule has 0 unspecified atom stereocenters. The van der Waals surface area contributed by atoms with Gasteiger partial charge in [-0.15, -0.1) is 0 Å². The van der Waals surface area contributed by atoms with Gasteiger partial charge in [-0.2, -0.15) is 0 Å². The Morgan fingerprint density at radius 2 is 2.00 bits per heavy atom. The van der Waals surface area contributed by atoms with E-state index in [1.54, 1.807) is 13.0 Å². The average molecular weight is 336 g/mol. The first-order valence-electron chi connectivity index (χ1n) is 8.03. The number of hydrogen-bond donors (Lipinski definition) is 1. The molecule has 5 nitrogen and oxygen atoms in total. The monoisotopic (exact) mass is 335 g/mol. The number of aryl methyl sites for hydroxylation is 1. The molecule has 3 aliphatic heterocycles. The van der Waals surface area contributed by atoms with Crippen molar-refractivity contribution in [3.63, 3.8) is 0 Å². The maximum atomic E-state index is 12.7. The van der Waals surface area contributed by atoms with Gasteiger partial charge in [0.25, 0.3) is 0 Å². The van der Waals surface area contributed by atoms with E-state index >= 15 is 0 Å². The number of nitrogens with zero attached hydrogens (tertiary/aromatic N) is 2. The van der Waals surface area contributed by atoms with Crippen LogP contribution in [0.1, 0.15) is 25.3 Å². The van der Waals surface area contributed by atoms with Crippen LogP contribution >= 0.6 is 11.6 Å². The van der Waals surface area contributed by atoms with Crippen molar-refractivity contribution in [2.24, 2.45) is 5.92 Å². The molecule has 3 aliphatic rings. The van der Waals surface area contributed by atoms with Gasteiger partial charge in [0.1, 0.15) is 0 Å². The van der Waals surface area contributed by atoms with Gasteiger partial charge in [0.15, 0.2) is 0 Å². The zero-order chi connectivity index (χ0) is 16.6. The minimum Gasteiger partial charge on any atom is -0.341 e. The van der Waals surface area contributed by atoms with Crippen LogP contribution in [0.15, 0.2) is 18.2 Å². The minimum atomic E-state index is -0.101. The van der Waals surface area contributed by atoms with Crippen LogP contribution in [0.3, 0.4) is 0 Å². The van der Waals surface area contributed by atoms with Crippen molar-refractivity contribution in [3.05, 3.63) is 28.8 Å². The van der Waals surface area contributed by atoms with Crippen LogP contribution in [-0.2, 0) is 4.79 Å². The molecule has 1 N–H and O–H groups in total. The predicted molar refractivity (Wildman–Crippen MR) is 90.7 cm³/mol. The van der Waals surface area contributed by atoms with Gasteiger partial charge >= 0.3 is 6.03 Å². The highest BCUT2D eigenvalue weighted by Gasteiger charge is 2.38. The normalized spacial score (nSPS) is 23.6. The lowest BCUT2D eigenvalue weighted by Gasteiger charge is -2.36. The van der Waals surface area contributed by atoms with Crippen LogP contribution in [0.2, 0.25) is 5.02 Å². The molecule has 1 aromatic carbocycles. The number of nitrogens with one attached hydrogen (secondary N) is 1. The highest BCUT2D eigenvalue weighted by molar-refractivity contribution is 6.31. The SMILES string of the molecule is CC(=O)N1C[C@@H]2CC[C@H](C1)N(C(=O)Nc1cc(Cl)ccc1C)C2. The van der Waals surface area contributed by atoms with Crippen molar-refractivity contribution < 1.29 is 9.59 Å². The highest BCUT2D eigenvalue weighted by Crippen LogP contribution is 2.29. The molecule has 4 rings (SSSR count). The lowest BCUT2D eigenvalue weighted by Crippen LogP contribution is -2.49. The molecule has 6 heteroatoms. The predicted octanol–water partition coefficient (Wildman–Crippen LogP) is 3.12. The molecule has 23 heavy (non-hydrogen) atoms. The first kappa shape index (κ1) is 16.1. The largest absolute Gasteiger partial charge is 0.341 e. The number of carbonyl (C=O) groups excluding carboxylic acids is 2. The van der Waals surface area contributed by atoms with Gasteiger partial charge in [-0.05, 0) is 43.4 Å². The molecule has 0 aromatic heterocycles. The van der Waals surface area contributed by atoms with E-state index in [4.69, 9.17) is 11.6 Å². The maximum absolute atomic E-state index is 12.7. The number of benzene rings is 1. The Kier molecular flexibility index (Phi) is 4.48. The average Bonchev–Trinajstić information content (AvgIpc) is 2.83. The lowest BCUT2D eigenvalue weighted by molar-refractivity contribution is -0.129. The molecule has 0 spiro atoms. The standard InChI is InChI=1S/C17H22ClN3O2/c1-11-3-5-14(18)7-16(11)19-17(23)21-9-13-4-6-15(21)10-20(8-13)12(2)22/h3,5,7,13,15H,4,6,8-10H2,1-2H3,(H,19,23)/t13-,15+/m0/s1. The number of piperidine rings is 1. The minimum absolute atomic E-state index is 0.0924. The molecule has 3 amide bonds. The summed E-state index contributed by atoms with van der Waals surface area (Å²) in [5.74, 6) is 0.457. The van der Waals surface area contributed by atoms with Gasteiger partial charge in [0.2, 0.25) is 5.91 Å². The van der Waals surface area contributed by atoms with Crippen LogP contribution in [-0.4, -0.2) is 47.4 Å². The number of fused-ring (bicyclic) bond motifs is 4. The third-order valence-corrected chi connectivity index (χ3v) is 5.10. The first-order valence-corrected chi connectivity index (χ1v) is 8.41. The fourth-order valence-electron chi connectivity index (χ4n) is 3.50. The Morgan fingerprint density at radius 3 is 2.74 bits per heavy atom. The van der Waals surface area contributed by atoms with E-state index < -0.39 is 0 Å². The van der Waals surface area contributed by atoms with Crippen LogP contribution in [0.25, 0.3) is 0 Å². The topological polar surface area (TPSA) is 52.7 Å². The number of halogens is 1. The van der Waals surface area contributed by atoms with E-state index in [-0.39, 0.29) is 18.0 Å². The van der Waals surface area contributed by atoms with E-state index in [2.05, 4.69) is 5.32 Å². The smallest absolute Gasteiger partial charge is 0.322 e. The zero-order valence-electron chi connectivity index (χ0n) is 13.5. The summed E-state index contributed by atoms with van der Waals surface area (Å²) in [5, 5.41) is 3.58. The van der Waals surface area contributed by atoms with Gasteiger partial charge in [-0.1, -0.05) is 17.7 Å². The Balaban J connectivity index is 1.75. The summed E-state index contributed by atoms with van der Waals surface area (Å²) in [5.41, 5.74) is 1.72. The Morgan fingerprint density at radius 1 is 1.22 bits per heavy atom. The first-order chi connectivity index (χ1) is 10.9. The Bertz CT molecular complexity index is 634. The molecule has 3 heterocycles. The van der Waals surface area contributed by atoms with E-state index in [0.717, 1.165) is 30.6 Å².